The van der Waals surface area contributed by atoms with Crippen molar-refractivity contribution in [1.29, 1.82) is 5.26 Å². The molecule has 0 fully saturated rings. The zero-order valence-corrected chi connectivity index (χ0v) is 10.2. The van der Waals surface area contributed by atoms with Crippen LogP contribution in [0, 0.1) is 11.3 Å². The second-order valence-corrected chi connectivity index (χ2v) is 4.22. The van der Waals surface area contributed by atoms with E-state index in [1.165, 1.54) is 0 Å². The van der Waals surface area contributed by atoms with Gasteiger partial charge in [-0.3, -0.25) is 0 Å². The summed E-state index contributed by atoms with van der Waals surface area (Å²) in [6.45, 7) is 3.21. The van der Waals surface area contributed by atoms with Crippen LogP contribution in [0.25, 0.3) is 0 Å². The van der Waals surface area contributed by atoms with Gasteiger partial charge < -0.3 is 19.6 Å². The molecule has 0 aromatic carbocycles. The normalized spacial score (nSPS) is 14.2. The average molecular weight is 238 g/mol. The Morgan fingerprint density at radius 1 is 1.59 bits per heavy atom. The van der Waals surface area contributed by atoms with Crippen LogP contribution in [-0.4, -0.2) is 31.0 Å². The van der Waals surface area contributed by atoms with Gasteiger partial charge in [0.05, 0.1) is 12.1 Å². The number of furan rings is 1. The summed E-state index contributed by atoms with van der Waals surface area (Å²) in [5.74, 6) is 0.983. The van der Waals surface area contributed by atoms with Gasteiger partial charge in [-0.05, 0) is 19.1 Å². The molecule has 2 N–H and O–H groups in total. The van der Waals surface area contributed by atoms with Crippen molar-refractivity contribution in [2.45, 2.75) is 25.5 Å². The number of hydrogen-bond acceptors (Lipinski definition) is 5. The molecule has 0 amide bonds. The summed E-state index contributed by atoms with van der Waals surface area (Å²) in [7, 11) is 1.61. The number of methoxy groups -OCH3 is 1. The molecule has 1 aromatic heterocycles. The molecule has 0 spiro atoms. The van der Waals surface area contributed by atoms with Gasteiger partial charge in [0.25, 0.3) is 0 Å². The van der Waals surface area contributed by atoms with Crippen molar-refractivity contribution in [1.82, 2.24) is 5.32 Å². The first-order chi connectivity index (χ1) is 8.07. The summed E-state index contributed by atoms with van der Waals surface area (Å²) >= 11 is 0. The van der Waals surface area contributed by atoms with Crippen LogP contribution in [0.1, 0.15) is 24.9 Å². The van der Waals surface area contributed by atoms with Crippen molar-refractivity contribution in [2.75, 3.05) is 20.3 Å². The topological polar surface area (TPSA) is 78.4 Å². The first-order valence-corrected chi connectivity index (χ1v) is 5.48. The number of nitrogens with one attached hydrogen (secondary N) is 1. The molecule has 1 atom stereocenters. The lowest BCUT2D eigenvalue weighted by molar-refractivity contribution is 0.0244. The lowest BCUT2D eigenvalue weighted by Gasteiger charge is -2.22. The third-order valence-electron chi connectivity index (χ3n) is 2.42. The van der Waals surface area contributed by atoms with Gasteiger partial charge in [0, 0.05) is 26.7 Å². The van der Waals surface area contributed by atoms with Crippen LogP contribution in [0.15, 0.2) is 16.5 Å². The highest BCUT2D eigenvalue weighted by molar-refractivity contribution is 5.18. The Bertz CT molecular complexity index is 379. The Hall–Kier alpha value is -1.35. The number of nitrogens with zero attached hydrogens (tertiary/aromatic N) is 1. The summed E-state index contributed by atoms with van der Waals surface area (Å²) in [5.41, 5.74) is -0.805. The standard InChI is InChI=1S/C12H18N2O3/c1-12(15,5-6-16-2)9-14-8-11-4-3-10(7-13)17-11/h3-4,14-15H,5-6,8-9H2,1-2H3. The maximum absolute atomic E-state index is 9.95. The van der Waals surface area contributed by atoms with E-state index >= 15 is 0 Å². The number of hydrogen-bond donors (Lipinski definition) is 2. The fourth-order valence-electron chi connectivity index (χ4n) is 1.40. The van der Waals surface area contributed by atoms with Crippen molar-refractivity contribution < 1.29 is 14.3 Å². The Morgan fingerprint density at radius 3 is 2.94 bits per heavy atom. The predicted octanol–water partition coefficient (Wildman–Crippen LogP) is 1.03. The lowest BCUT2D eigenvalue weighted by atomic mass is 10.0. The molecule has 0 saturated heterocycles. The second-order valence-electron chi connectivity index (χ2n) is 4.22. The fraction of sp³-hybridized carbons (Fsp3) is 0.583. The average Bonchev–Trinajstić information content (AvgIpc) is 2.74. The van der Waals surface area contributed by atoms with Crippen molar-refractivity contribution in [3.8, 4) is 6.07 Å². The lowest BCUT2D eigenvalue weighted by Crippen LogP contribution is -2.38. The van der Waals surface area contributed by atoms with E-state index in [9.17, 15) is 5.11 Å². The summed E-state index contributed by atoms with van der Waals surface area (Å²) in [5, 5.41) is 21.6. The van der Waals surface area contributed by atoms with Crippen molar-refractivity contribution in [2.24, 2.45) is 0 Å². The number of rotatable bonds is 7. The van der Waals surface area contributed by atoms with Crippen LogP contribution in [-0.2, 0) is 11.3 Å². The molecule has 1 heterocycles. The van der Waals surface area contributed by atoms with Gasteiger partial charge in [-0.2, -0.15) is 5.26 Å². The molecule has 1 unspecified atom stereocenters. The van der Waals surface area contributed by atoms with Crippen LogP contribution < -0.4 is 5.32 Å². The van der Waals surface area contributed by atoms with Gasteiger partial charge in [0.1, 0.15) is 11.8 Å². The molecule has 94 valence electrons. The highest BCUT2D eigenvalue weighted by atomic mass is 16.5. The van der Waals surface area contributed by atoms with E-state index in [1.54, 1.807) is 26.2 Å². The van der Waals surface area contributed by atoms with E-state index in [0.717, 1.165) is 0 Å². The number of ether oxygens (including phenoxy) is 1. The molecular formula is C12H18N2O3. The summed E-state index contributed by atoms with van der Waals surface area (Å²) < 4.78 is 10.1. The molecular weight excluding hydrogens is 220 g/mol. The van der Waals surface area contributed by atoms with Gasteiger partial charge in [-0.25, -0.2) is 0 Å². The third-order valence-corrected chi connectivity index (χ3v) is 2.42. The largest absolute Gasteiger partial charge is 0.449 e. The molecule has 0 aliphatic heterocycles. The van der Waals surface area contributed by atoms with E-state index < -0.39 is 5.60 Å². The van der Waals surface area contributed by atoms with Crippen molar-refractivity contribution >= 4 is 0 Å². The minimum atomic E-state index is -0.805. The van der Waals surface area contributed by atoms with Crippen LogP contribution >= 0.6 is 0 Å². The van der Waals surface area contributed by atoms with Crippen molar-refractivity contribution in [3.05, 3.63) is 23.7 Å². The second kappa shape index (κ2) is 6.40. The van der Waals surface area contributed by atoms with Crippen LogP contribution in [0.5, 0.6) is 0 Å². The molecule has 17 heavy (non-hydrogen) atoms. The quantitative estimate of drug-likeness (QED) is 0.741. The summed E-state index contributed by atoms with van der Waals surface area (Å²) in [4.78, 5) is 0. The highest BCUT2D eigenvalue weighted by Crippen LogP contribution is 2.09. The molecule has 0 radical (unpaired) electrons. The minimum Gasteiger partial charge on any atom is -0.449 e. The van der Waals surface area contributed by atoms with E-state index in [2.05, 4.69) is 5.32 Å². The smallest absolute Gasteiger partial charge is 0.203 e. The van der Waals surface area contributed by atoms with Gasteiger partial charge in [-0.15, -0.1) is 0 Å². The Balaban J connectivity index is 2.29. The van der Waals surface area contributed by atoms with Gasteiger partial charge >= 0.3 is 0 Å². The molecule has 0 aliphatic rings. The number of aliphatic hydroxyl groups is 1. The zero-order chi connectivity index (χ0) is 12.7. The Morgan fingerprint density at radius 2 is 2.35 bits per heavy atom. The van der Waals surface area contributed by atoms with Gasteiger partial charge in [0.15, 0.2) is 0 Å². The zero-order valence-electron chi connectivity index (χ0n) is 10.2. The van der Waals surface area contributed by atoms with Crippen molar-refractivity contribution in [3.63, 3.8) is 0 Å². The van der Waals surface area contributed by atoms with Gasteiger partial charge in [-0.1, -0.05) is 0 Å². The molecule has 5 heteroatoms. The molecule has 0 aliphatic carbocycles. The Kier molecular flexibility index (Phi) is 5.16. The van der Waals surface area contributed by atoms with Crippen LogP contribution in [0.4, 0.5) is 0 Å². The molecule has 1 aromatic rings. The predicted molar refractivity (Wildman–Crippen MR) is 62.2 cm³/mol. The highest BCUT2D eigenvalue weighted by Gasteiger charge is 2.19. The molecule has 1 rings (SSSR count). The maximum Gasteiger partial charge on any atom is 0.203 e. The Labute approximate surface area is 101 Å². The maximum atomic E-state index is 9.95. The first kappa shape index (κ1) is 13.7. The summed E-state index contributed by atoms with van der Waals surface area (Å²) in [6, 6.07) is 5.29. The van der Waals surface area contributed by atoms with E-state index in [1.807, 2.05) is 6.07 Å². The third kappa shape index (κ3) is 5.00. The molecule has 5 nitrogen and oxygen atoms in total. The monoisotopic (exact) mass is 238 g/mol. The SMILES string of the molecule is COCCC(C)(O)CNCc1ccc(C#N)o1. The van der Waals surface area contributed by atoms with E-state index in [4.69, 9.17) is 14.4 Å². The molecule has 0 bridgehead atoms. The van der Waals surface area contributed by atoms with E-state index in [-0.39, 0.29) is 0 Å². The van der Waals surface area contributed by atoms with Gasteiger partial charge in [0.2, 0.25) is 5.76 Å². The fourth-order valence-corrected chi connectivity index (χ4v) is 1.40. The minimum absolute atomic E-state index is 0.299. The number of nitriles is 1. The molecule has 0 saturated carbocycles. The van der Waals surface area contributed by atoms with Crippen LogP contribution in [0.3, 0.4) is 0 Å². The first-order valence-electron chi connectivity index (χ1n) is 5.48. The van der Waals surface area contributed by atoms with E-state index in [0.29, 0.717) is 37.6 Å². The van der Waals surface area contributed by atoms with Crippen LogP contribution in [0.2, 0.25) is 0 Å². The summed E-state index contributed by atoms with van der Waals surface area (Å²) in [6.07, 6.45) is 0.568.